The van der Waals surface area contributed by atoms with Gasteiger partial charge in [0.25, 0.3) is 5.91 Å². The number of piperazine rings is 1. The number of hydrogen-bond donors (Lipinski definition) is 2. The van der Waals surface area contributed by atoms with Crippen molar-refractivity contribution in [3.8, 4) is 22.1 Å². The summed E-state index contributed by atoms with van der Waals surface area (Å²) in [6.07, 6.45) is 3.24. The number of nitrogens with one attached hydrogen (secondary N) is 1. The Hall–Kier alpha value is -3.86. The SMILES string of the molecule is Cc1c(Oc2ccccc2)ccc(NC(=O)c2csc(-c3ccnnc3)n2)c1N1CCN(C)[C@@H](CN)C1. The van der Waals surface area contributed by atoms with E-state index in [1.807, 2.05) is 55.5 Å². The van der Waals surface area contributed by atoms with E-state index in [1.165, 1.54) is 11.3 Å². The molecule has 1 aliphatic heterocycles. The number of rotatable bonds is 7. The van der Waals surface area contributed by atoms with Crippen LogP contribution in [0.15, 0.2) is 66.3 Å². The molecule has 0 bridgehead atoms. The number of likely N-dealkylation sites (N-methyl/N-ethyl adjacent to an activating group) is 1. The fourth-order valence-corrected chi connectivity index (χ4v) is 5.22. The largest absolute Gasteiger partial charge is 0.457 e. The third-order valence-electron chi connectivity index (χ3n) is 6.53. The number of aromatic nitrogens is 3. The van der Waals surface area contributed by atoms with Crippen molar-refractivity contribution in [3.63, 3.8) is 0 Å². The van der Waals surface area contributed by atoms with E-state index in [9.17, 15) is 4.79 Å². The van der Waals surface area contributed by atoms with Crippen LogP contribution in [0.1, 0.15) is 16.1 Å². The van der Waals surface area contributed by atoms with Gasteiger partial charge < -0.3 is 20.7 Å². The minimum absolute atomic E-state index is 0.213. The van der Waals surface area contributed by atoms with Crippen molar-refractivity contribution >= 4 is 28.6 Å². The Kier molecular flexibility index (Phi) is 7.40. The second kappa shape index (κ2) is 11.0. The highest BCUT2D eigenvalue weighted by atomic mass is 32.1. The molecule has 1 aliphatic rings. The summed E-state index contributed by atoms with van der Waals surface area (Å²) in [7, 11) is 2.09. The molecule has 2 aromatic heterocycles. The number of amides is 1. The van der Waals surface area contributed by atoms with Gasteiger partial charge in [-0.2, -0.15) is 10.2 Å². The highest BCUT2D eigenvalue weighted by Crippen LogP contribution is 2.39. The number of para-hydroxylation sites is 1. The van der Waals surface area contributed by atoms with E-state index in [1.54, 1.807) is 17.8 Å². The fourth-order valence-electron chi connectivity index (χ4n) is 4.43. The highest BCUT2D eigenvalue weighted by molar-refractivity contribution is 7.13. The van der Waals surface area contributed by atoms with Crippen LogP contribution in [0.4, 0.5) is 11.4 Å². The molecule has 5 rings (SSSR count). The minimum atomic E-state index is -0.272. The molecule has 0 radical (unpaired) electrons. The Morgan fingerprint density at radius 1 is 1.16 bits per heavy atom. The molecular weight excluding hydrogens is 486 g/mol. The van der Waals surface area contributed by atoms with Crippen molar-refractivity contribution in [2.45, 2.75) is 13.0 Å². The maximum absolute atomic E-state index is 13.3. The lowest BCUT2D eigenvalue weighted by Crippen LogP contribution is -2.54. The number of benzene rings is 2. The van der Waals surface area contributed by atoms with Crippen molar-refractivity contribution in [2.75, 3.05) is 43.4 Å². The molecule has 10 heteroatoms. The first-order valence-corrected chi connectivity index (χ1v) is 13.0. The van der Waals surface area contributed by atoms with E-state index in [0.29, 0.717) is 22.9 Å². The Balaban J connectivity index is 1.46. The van der Waals surface area contributed by atoms with Gasteiger partial charge in [-0.25, -0.2) is 4.98 Å². The molecule has 0 saturated carbocycles. The van der Waals surface area contributed by atoms with E-state index in [0.717, 1.165) is 47.9 Å². The number of ether oxygens (including phenoxy) is 1. The monoisotopic (exact) mass is 515 g/mol. The van der Waals surface area contributed by atoms with Gasteiger partial charge in [0.1, 0.15) is 22.2 Å². The van der Waals surface area contributed by atoms with Crippen LogP contribution in [-0.4, -0.2) is 65.3 Å². The molecule has 9 nitrogen and oxygen atoms in total. The van der Waals surface area contributed by atoms with Gasteiger partial charge in [0.15, 0.2) is 0 Å². The second-order valence-corrected chi connectivity index (χ2v) is 9.80. The predicted molar refractivity (Wildman–Crippen MR) is 146 cm³/mol. The number of nitrogens with two attached hydrogens (primary N) is 1. The van der Waals surface area contributed by atoms with Crippen LogP contribution in [0.25, 0.3) is 10.6 Å². The summed E-state index contributed by atoms with van der Waals surface area (Å²) in [6.45, 7) is 5.01. The molecule has 0 unspecified atom stereocenters. The Morgan fingerprint density at radius 3 is 2.76 bits per heavy atom. The van der Waals surface area contributed by atoms with Crippen LogP contribution >= 0.6 is 11.3 Å². The summed E-state index contributed by atoms with van der Waals surface area (Å²) in [5, 5.41) is 13.3. The van der Waals surface area contributed by atoms with Gasteiger partial charge in [0.2, 0.25) is 0 Å². The van der Waals surface area contributed by atoms with Gasteiger partial charge >= 0.3 is 0 Å². The third-order valence-corrected chi connectivity index (χ3v) is 7.43. The van der Waals surface area contributed by atoms with E-state index in [-0.39, 0.29) is 11.9 Å². The molecule has 37 heavy (non-hydrogen) atoms. The molecule has 3 N–H and O–H groups in total. The molecule has 1 fully saturated rings. The van der Waals surface area contributed by atoms with Gasteiger partial charge in [-0.15, -0.1) is 11.3 Å². The number of hydrogen-bond acceptors (Lipinski definition) is 9. The van der Waals surface area contributed by atoms with Crippen LogP contribution in [0, 0.1) is 6.92 Å². The molecular formula is C27H29N7O2S. The average molecular weight is 516 g/mol. The normalized spacial score (nSPS) is 16.0. The fraction of sp³-hybridized carbons (Fsp3) is 0.259. The summed E-state index contributed by atoms with van der Waals surface area (Å²) < 4.78 is 6.22. The number of anilines is 2. The van der Waals surface area contributed by atoms with Gasteiger partial charge in [-0.3, -0.25) is 9.69 Å². The van der Waals surface area contributed by atoms with Gasteiger partial charge in [0, 0.05) is 48.7 Å². The van der Waals surface area contributed by atoms with Gasteiger partial charge in [0.05, 0.1) is 23.8 Å². The summed E-state index contributed by atoms with van der Waals surface area (Å²) in [6, 6.07) is 15.5. The standard InChI is InChI=1S/C27H29N7O2S/c1-18-24(36-21-6-4-3-5-7-21)9-8-22(25(18)34-13-12-33(2)20(14-28)16-34)31-26(35)23-17-37-27(32-23)19-10-11-29-30-15-19/h3-11,15,17,20H,12-14,16,28H2,1-2H3,(H,31,35)/t20-/m0/s1. The van der Waals surface area contributed by atoms with Crippen molar-refractivity contribution in [3.05, 3.63) is 77.6 Å². The third kappa shape index (κ3) is 5.46. The highest BCUT2D eigenvalue weighted by Gasteiger charge is 2.28. The maximum Gasteiger partial charge on any atom is 0.275 e. The molecule has 0 spiro atoms. The molecule has 2 aromatic carbocycles. The lowest BCUT2D eigenvalue weighted by atomic mass is 10.1. The Bertz CT molecular complexity index is 1360. The second-order valence-electron chi connectivity index (χ2n) is 8.94. The van der Waals surface area contributed by atoms with E-state index < -0.39 is 0 Å². The maximum atomic E-state index is 13.3. The van der Waals surface area contributed by atoms with Crippen molar-refractivity contribution in [1.29, 1.82) is 0 Å². The van der Waals surface area contributed by atoms with E-state index >= 15 is 0 Å². The average Bonchev–Trinajstić information content (AvgIpc) is 3.43. The Morgan fingerprint density at radius 2 is 2.00 bits per heavy atom. The first-order valence-electron chi connectivity index (χ1n) is 12.1. The molecule has 1 atom stereocenters. The molecule has 0 aliphatic carbocycles. The van der Waals surface area contributed by atoms with E-state index in [4.69, 9.17) is 10.5 Å². The number of thiazole rings is 1. The molecule has 1 amide bonds. The van der Waals surface area contributed by atoms with Crippen molar-refractivity contribution in [1.82, 2.24) is 20.1 Å². The molecule has 1 saturated heterocycles. The lowest BCUT2D eigenvalue weighted by Gasteiger charge is -2.41. The van der Waals surface area contributed by atoms with Crippen molar-refractivity contribution in [2.24, 2.45) is 5.73 Å². The summed E-state index contributed by atoms with van der Waals surface area (Å²) in [5.74, 6) is 1.22. The first-order chi connectivity index (χ1) is 18.0. The first kappa shape index (κ1) is 24.8. The van der Waals surface area contributed by atoms with Gasteiger partial charge in [-0.05, 0) is 44.3 Å². The van der Waals surface area contributed by atoms with Crippen LogP contribution < -0.4 is 20.7 Å². The Labute approximate surface area is 219 Å². The smallest absolute Gasteiger partial charge is 0.275 e. The quantitative estimate of drug-likeness (QED) is 0.380. The van der Waals surface area contributed by atoms with Crippen LogP contribution in [0.2, 0.25) is 0 Å². The van der Waals surface area contributed by atoms with Crippen molar-refractivity contribution < 1.29 is 9.53 Å². The topological polar surface area (TPSA) is 109 Å². The molecule has 4 aromatic rings. The zero-order chi connectivity index (χ0) is 25.8. The predicted octanol–water partition coefficient (Wildman–Crippen LogP) is 4.03. The lowest BCUT2D eigenvalue weighted by molar-refractivity contribution is 0.102. The number of carbonyl (C=O) groups excluding carboxylic acids is 1. The summed E-state index contributed by atoms with van der Waals surface area (Å²) in [5.41, 5.74) is 9.84. The zero-order valence-corrected chi connectivity index (χ0v) is 21.6. The molecule has 190 valence electrons. The minimum Gasteiger partial charge on any atom is -0.457 e. The zero-order valence-electron chi connectivity index (χ0n) is 20.8. The van der Waals surface area contributed by atoms with Crippen LogP contribution in [0.5, 0.6) is 11.5 Å². The van der Waals surface area contributed by atoms with Gasteiger partial charge in [-0.1, -0.05) is 18.2 Å². The van der Waals surface area contributed by atoms with Crippen LogP contribution in [0.3, 0.4) is 0 Å². The number of carbonyl (C=O) groups is 1. The van der Waals surface area contributed by atoms with Crippen LogP contribution in [-0.2, 0) is 0 Å². The number of nitrogens with zero attached hydrogens (tertiary/aromatic N) is 5. The van der Waals surface area contributed by atoms with E-state index in [2.05, 4.69) is 37.3 Å². The molecule has 3 heterocycles. The summed E-state index contributed by atoms with van der Waals surface area (Å²) >= 11 is 1.39. The summed E-state index contributed by atoms with van der Waals surface area (Å²) in [4.78, 5) is 22.4.